The molecule has 1 N–H and O–H groups in total. The van der Waals surface area contributed by atoms with Crippen LogP contribution in [0.1, 0.15) is 5.56 Å². The summed E-state index contributed by atoms with van der Waals surface area (Å²) in [5, 5.41) is 13.9. The van der Waals surface area contributed by atoms with Crippen LogP contribution in [0.3, 0.4) is 0 Å². The minimum absolute atomic E-state index is 0.0421. The third kappa shape index (κ3) is 3.18. The number of carbonyl (C=O) groups excluding carboxylic acids is 2. The summed E-state index contributed by atoms with van der Waals surface area (Å²) in [6, 6.07) is 10.5. The fourth-order valence-electron chi connectivity index (χ4n) is 3.12. The van der Waals surface area contributed by atoms with E-state index < -0.39 is 16.7 Å². The lowest BCUT2D eigenvalue weighted by molar-refractivity contribution is -0.384. The third-order valence-corrected chi connectivity index (χ3v) is 4.49. The van der Waals surface area contributed by atoms with E-state index in [-0.39, 0.29) is 30.3 Å². The summed E-state index contributed by atoms with van der Waals surface area (Å²) in [7, 11) is 0. The summed E-state index contributed by atoms with van der Waals surface area (Å²) in [5.41, 5.74) is 1.02. The Morgan fingerprint density at radius 3 is 2.52 bits per heavy atom. The van der Waals surface area contributed by atoms with E-state index in [4.69, 9.17) is 9.47 Å². The number of hydrogen-bond acceptors (Lipinski definition) is 7. The number of fused-ring (bicyclic) bond motifs is 1. The summed E-state index contributed by atoms with van der Waals surface area (Å²) in [6.07, 6.45) is 1.45. The zero-order chi connectivity index (χ0) is 20.5. The van der Waals surface area contributed by atoms with Gasteiger partial charge < -0.3 is 14.8 Å². The number of nitro benzene ring substituents is 1. The molecule has 0 saturated heterocycles. The standard InChI is InChI=1S/C20H15N3O6/c1-2-9-22-19(24)17(12-3-6-14(7-4-12)23(26)27)18(20(22)25)21-13-5-8-15-16(10-13)29-11-28-15/h2-8,10,21H,1,9,11H2. The maximum atomic E-state index is 12.9. The van der Waals surface area contributed by atoms with Gasteiger partial charge in [0.2, 0.25) is 6.79 Å². The van der Waals surface area contributed by atoms with E-state index in [0.717, 1.165) is 4.90 Å². The smallest absolute Gasteiger partial charge is 0.278 e. The molecule has 9 heteroatoms. The van der Waals surface area contributed by atoms with Crippen molar-refractivity contribution in [3.63, 3.8) is 0 Å². The largest absolute Gasteiger partial charge is 0.454 e. The SMILES string of the molecule is C=CCN1C(=O)C(Nc2ccc3c(c2)OCO3)=C(c2ccc([N+](=O)[O-])cc2)C1=O. The van der Waals surface area contributed by atoms with Gasteiger partial charge in [0.1, 0.15) is 5.70 Å². The van der Waals surface area contributed by atoms with Crippen molar-refractivity contribution >= 4 is 28.8 Å². The summed E-state index contributed by atoms with van der Waals surface area (Å²) >= 11 is 0. The molecule has 9 nitrogen and oxygen atoms in total. The van der Waals surface area contributed by atoms with Gasteiger partial charge in [-0.15, -0.1) is 6.58 Å². The minimum atomic E-state index is -0.532. The Kier molecular flexibility index (Phi) is 4.47. The number of nitrogens with one attached hydrogen (secondary N) is 1. The molecule has 2 aromatic rings. The van der Waals surface area contributed by atoms with Crippen LogP contribution < -0.4 is 14.8 Å². The van der Waals surface area contributed by atoms with Gasteiger partial charge in [-0.25, -0.2) is 0 Å². The molecule has 0 spiro atoms. The van der Waals surface area contributed by atoms with Gasteiger partial charge in [-0.2, -0.15) is 0 Å². The minimum Gasteiger partial charge on any atom is -0.454 e. The quantitative estimate of drug-likeness (QED) is 0.348. The number of carbonyl (C=O) groups is 2. The van der Waals surface area contributed by atoms with Crippen molar-refractivity contribution in [2.24, 2.45) is 0 Å². The van der Waals surface area contributed by atoms with E-state index in [9.17, 15) is 19.7 Å². The van der Waals surface area contributed by atoms with E-state index in [0.29, 0.717) is 22.7 Å². The normalized spacial score (nSPS) is 15.1. The van der Waals surface area contributed by atoms with Gasteiger partial charge >= 0.3 is 0 Å². The monoisotopic (exact) mass is 393 g/mol. The first-order valence-electron chi connectivity index (χ1n) is 8.62. The van der Waals surface area contributed by atoms with E-state index in [1.165, 1.54) is 30.3 Å². The van der Waals surface area contributed by atoms with Crippen molar-refractivity contribution in [2.45, 2.75) is 0 Å². The van der Waals surface area contributed by atoms with Gasteiger partial charge in [-0.05, 0) is 29.8 Å². The highest BCUT2D eigenvalue weighted by Crippen LogP contribution is 2.36. The number of amides is 2. The second kappa shape index (κ2) is 7.12. The van der Waals surface area contributed by atoms with Crippen LogP contribution in [0, 0.1) is 10.1 Å². The number of nitro groups is 1. The fourth-order valence-corrected chi connectivity index (χ4v) is 3.12. The van der Waals surface area contributed by atoms with E-state index in [1.807, 2.05) is 0 Å². The molecule has 2 aliphatic rings. The maximum absolute atomic E-state index is 12.9. The van der Waals surface area contributed by atoms with E-state index >= 15 is 0 Å². The highest BCUT2D eigenvalue weighted by Gasteiger charge is 2.38. The third-order valence-electron chi connectivity index (χ3n) is 4.49. The fraction of sp³-hybridized carbons (Fsp3) is 0.100. The lowest BCUT2D eigenvalue weighted by Crippen LogP contribution is -2.32. The predicted octanol–water partition coefficient (Wildman–Crippen LogP) is 2.70. The number of nitrogens with zero attached hydrogens (tertiary/aromatic N) is 2. The molecule has 0 radical (unpaired) electrons. The molecular weight excluding hydrogens is 378 g/mol. The van der Waals surface area contributed by atoms with Crippen molar-refractivity contribution in [1.82, 2.24) is 4.90 Å². The van der Waals surface area contributed by atoms with Crippen molar-refractivity contribution in [2.75, 3.05) is 18.7 Å². The zero-order valence-corrected chi connectivity index (χ0v) is 15.1. The van der Waals surface area contributed by atoms with Crippen molar-refractivity contribution in [3.8, 4) is 11.5 Å². The molecule has 0 aliphatic carbocycles. The number of ether oxygens (including phenoxy) is 2. The van der Waals surface area contributed by atoms with Crippen molar-refractivity contribution < 1.29 is 24.0 Å². The molecule has 29 heavy (non-hydrogen) atoms. The first kappa shape index (κ1) is 18.2. The van der Waals surface area contributed by atoms with Gasteiger partial charge in [0, 0.05) is 30.4 Å². The molecule has 0 atom stereocenters. The van der Waals surface area contributed by atoms with Gasteiger partial charge in [0.15, 0.2) is 11.5 Å². The Morgan fingerprint density at radius 2 is 1.83 bits per heavy atom. The number of non-ortho nitro benzene ring substituents is 1. The molecule has 0 unspecified atom stereocenters. The van der Waals surface area contributed by atoms with Crippen LogP contribution >= 0.6 is 0 Å². The van der Waals surface area contributed by atoms with Crippen molar-refractivity contribution in [1.29, 1.82) is 0 Å². The van der Waals surface area contributed by atoms with Crippen LogP contribution in [0.25, 0.3) is 5.57 Å². The lowest BCUT2D eigenvalue weighted by atomic mass is 10.0. The van der Waals surface area contributed by atoms with Crippen LogP contribution in [0.2, 0.25) is 0 Å². The summed E-state index contributed by atoms with van der Waals surface area (Å²) in [6.45, 7) is 3.73. The highest BCUT2D eigenvalue weighted by atomic mass is 16.7. The molecule has 2 aliphatic heterocycles. The lowest BCUT2D eigenvalue weighted by Gasteiger charge is -2.12. The molecule has 2 amide bonds. The van der Waals surface area contributed by atoms with Gasteiger partial charge in [0.25, 0.3) is 17.5 Å². The van der Waals surface area contributed by atoms with E-state index in [2.05, 4.69) is 11.9 Å². The topological polar surface area (TPSA) is 111 Å². The van der Waals surface area contributed by atoms with Crippen LogP contribution in [-0.2, 0) is 9.59 Å². The number of anilines is 1. The first-order chi connectivity index (χ1) is 14.0. The highest BCUT2D eigenvalue weighted by molar-refractivity contribution is 6.36. The molecule has 0 fully saturated rings. The Hall–Kier alpha value is -4.14. The average Bonchev–Trinajstić information content (AvgIpc) is 3.27. The molecule has 0 bridgehead atoms. The Bertz CT molecular complexity index is 1070. The van der Waals surface area contributed by atoms with Crippen LogP contribution in [0.5, 0.6) is 11.5 Å². The van der Waals surface area contributed by atoms with Crippen LogP contribution in [0.4, 0.5) is 11.4 Å². The van der Waals surface area contributed by atoms with Crippen LogP contribution in [0.15, 0.2) is 60.8 Å². The molecule has 0 saturated carbocycles. The molecular formula is C20H15N3O6. The Balaban J connectivity index is 1.76. The summed E-state index contributed by atoms with van der Waals surface area (Å²) in [5.74, 6) is 0.0855. The first-order valence-corrected chi connectivity index (χ1v) is 8.62. The molecule has 2 aromatic carbocycles. The molecule has 2 heterocycles. The van der Waals surface area contributed by atoms with E-state index in [1.54, 1.807) is 18.2 Å². The number of rotatable bonds is 6. The molecule has 4 rings (SSSR count). The number of hydrogen-bond donors (Lipinski definition) is 1. The number of imide groups is 1. The average molecular weight is 393 g/mol. The van der Waals surface area contributed by atoms with Gasteiger partial charge in [-0.1, -0.05) is 6.08 Å². The number of benzene rings is 2. The Labute approximate surface area is 165 Å². The summed E-state index contributed by atoms with van der Waals surface area (Å²) < 4.78 is 10.6. The maximum Gasteiger partial charge on any atom is 0.278 e. The predicted molar refractivity (Wildman–Crippen MR) is 103 cm³/mol. The molecule has 146 valence electrons. The van der Waals surface area contributed by atoms with Gasteiger partial charge in [0.05, 0.1) is 10.5 Å². The second-order valence-corrected chi connectivity index (χ2v) is 6.26. The Morgan fingerprint density at radius 1 is 1.10 bits per heavy atom. The molecule has 0 aromatic heterocycles. The zero-order valence-electron chi connectivity index (χ0n) is 15.1. The van der Waals surface area contributed by atoms with Crippen LogP contribution in [-0.4, -0.2) is 35.0 Å². The van der Waals surface area contributed by atoms with Crippen molar-refractivity contribution in [3.05, 3.63) is 76.5 Å². The second-order valence-electron chi connectivity index (χ2n) is 6.26. The summed E-state index contributed by atoms with van der Waals surface area (Å²) in [4.78, 5) is 37.2. The van der Waals surface area contributed by atoms with Gasteiger partial charge in [-0.3, -0.25) is 24.6 Å².